The van der Waals surface area contributed by atoms with Crippen molar-refractivity contribution in [3.8, 4) is 0 Å². The highest BCUT2D eigenvalue weighted by Crippen LogP contribution is 2.47. The highest BCUT2D eigenvalue weighted by molar-refractivity contribution is 4.86. The van der Waals surface area contributed by atoms with Crippen molar-refractivity contribution in [2.75, 3.05) is 0 Å². The van der Waals surface area contributed by atoms with Crippen LogP contribution in [-0.4, -0.2) is 0 Å². The average molecular weight is 349 g/mol. The first kappa shape index (κ1) is 21.3. The van der Waals surface area contributed by atoms with Crippen LogP contribution >= 0.6 is 0 Å². The Morgan fingerprint density at radius 3 is 1.84 bits per heavy atom. The summed E-state index contributed by atoms with van der Waals surface area (Å²) < 4.78 is 0. The Labute approximate surface area is 159 Å². The van der Waals surface area contributed by atoms with Crippen LogP contribution < -0.4 is 0 Å². The molecular formula is C25H48. The molecule has 0 amide bonds. The molecule has 0 spiro atoms. The Bertz CT molecular complexity index is 315. The van der Waals surface area contributed by atoms with Crippen molar-refractivity contribution in [1.29, 1.82) is 0 Å². The third kappa shape index (κ3) is 7.64. The minimum absolute atomic E-state index is 0.696. The number of hydrogen-bond acceptors (Lipinski definition) is 0. The van der Waals surface area contributed by atoms with Crippen LogP contribution in [0.25, 0.3) is 0 Å². The van der Waals surface area contributed by atoms with Gasteiger partial charge in [-0.15, -0.1) is 0 Å². The second kappa shape index (κ2) is 11.7. The molecule has 2 rings (SSSR count). The van der Waals surface area contributed by atoms with Crippen LogP contribution in [0.4, 0.5) is 0 Å². The quantitative estimate of drug-likeness (QED) is 0.327. The van der Waals surface area contributed by atoms with Crippen LogP contribution in [0.1, 0.15) is 136 Å². The predicted molar refractivity (Wildman–Crippen MR) is 113 cm³/mol. The number of unbranched alkanes of at least 4 members (excludes halogenated alkanes) is 6. The summed E-state index contributed by atoms with van der Waals surface area (Å²) in [5, 5.41) is 0. The van der Waals surface area contributed by atoms with Gasteiger partial charge in [-0.2, -0.15) is 0 Å². The van der Waals surface area contributed by atoms with Gasteiger partial charge >= 0.3 is 0 Å². The smallest absolute Gasteiger partial charge is 0.0326 e. The second-order valence-electron chi connectivity index (χ2n) is 10.1. The zero-order valence-corrected chi connectivity index (χ0v) is 18.0. The lowest BCUT2D eigenvalue weighted by Gasteiger charge is -2.42. The average Bonchev–Trinajstić information content (AvgIpc) is 2.63. The molecule has 0 aromatic heterocycles. The molecule has 0 N–H and O–H groups in total. The largest absolute Gasteiger partial charge is 0.0654 e. The molecule has 0 atom stereocenters. The van der Waals surface area contributed by atoms with Crippen LogP contribution in [0, 0.1) is 23.2 Å². The van der Waals surface area contributed by atoms with Gasteiger partial charge in [-0.05, 0) is 68.1 Å². The van der Waals surface area contributed by atoms with E-state index in [0.717, 1.165) is 17.8 Å². The Kier molecular flexibility index (Phi) is 9.93. The molecule has 0 radical (unpaired) electrons. The predicted octanol–water partition coefficient (Wildman–Crippen LogP) is 8.93. The van der Waals surface area contributed by atoms with Gasteiger partial charge in [0.25, 0.3) is 0 Å². The van der Waals surface area contributed by atoms with Gasteiger partial charge in [-0.3, -0.25) is 0 Å². The van der Waals surface area contributed by atoms with E-state index < -0.39 is 0 Å². The van der Waals surface area contributed by atoms with Crippen molar-refractivity contribution in [2.24, 2.45) is 23.2 Å². The van der Waals surface area contributed by atoms with Gasteiger partial charge in [0.1, 0.15) is 0 Å². The molecule has 0 nitrogen and oxygen atoms in total. The monoisotopic (exact) mass is 348 g/mol. The standard InChI is InChI=1S/C25H48/c1-4-6-8-9-10-12-22-13-15-23(16-14-22)24-17-20-25(3,21-18-24)19-11-7-5-2/h22-24H,4-21H2,1-3H3/t22?,23?,24-,25-. The number of rotatable bonds is 11. The molecule has 0 bridgehead atoms. The highest BCUT2D eigenvalue weighted by atomic mass is 14.4. The van der Waals surface area contributed by atoms with Crippen LogP contribution in [-0.2, 0) is 0 Å². The van der Waals surface area contributed by atoms with E-state index in [4.69, 9.17) is 0 Å². The normalized spacial score (nSPS) is 33.5. The lowest BCUT2D eigenvalue weighted by atomic mass is 9.63. The van der Waals surface area contributed by atoms with Gasteiger partial charge in [-0.1, -0.05) is 91.4 Å². The minimum atomic E-state index is 0.696. The molecule has 25 heavy (non-hydrogen) atoms. The van der Waals surface area contributed by atoms with E-state index >= 15 is 0 Å². The van der Waals surface area contributed by atoms with Gasteiger partial charge in [0.2, 0.25) is 0 Å². The highest BCUT2D eigenvalue weighted by Gasteiger charge is 2.35. The van der Waals surface area contributed by atoms with E-state index in [-0.39, 0.29) is 0 Å². The molecule has 0 heteroatoms. The first-order valence-electron chi connectivity index (χ1n) is 12.2. The van der Waals surface area contributed by atoms with E-state index in [2.05, 4.69) is 20.8 Å². The summed E-state index contributed by atoms with van der Waals surface area (Å²) in [7, 11) is 0. The summed E-state index contributed by atoms with van der Waals surface area (Å²) >= 11 is 0. The van der Waals surface area contributed by atoms with Gasteiger partial charge in [0.05, 0.1) is 0 Å². The van der Waals surface area contributed by atoms with Crippen LogP contribution in [0.15, 0.2) is 0 Å². The summed E-state index contributed by atoms with van der Waals surface area (Å²) in [5.74, 6) is 3.27. The van der Waals surface area contributed by atoms with E-state index in [9.17, 15) is 0 Å². The first-order chi connectivity index (χ1) is 12.2. The van der Waals surface area contributed by atoms with Gasteiger partial charge in [0, 0.05) is 0 Å². The number of hydrogen-bond donors (Lipinski definition) is 0. The van der Waals surface area contributed by atoms with Gasteiger partial charge in [0.15, 0.2) is 0 Å². The third-order valence-corrected chi connectivity index (χ3v) is 7.90. The third-order valence-electron chi connectivity index (χ3n) is 7.90. The molecule has 148 valence electrons. The first-order valence-corrected chi connectivity index (χ1v) is 12.2. The van der Waals surface area contributed by atoms with Gasteiger partial charge < -0.3 is 0 Å². The topological polar surface area (TPSA) is 0 Å². The maximum Gasteiger partial charge on any atom is -0.0326 e. The van der Waals surface area contributed by atoms with Crippen molar-refractivity contribution in [3.05, 3.63) is 0 Å². The van der Waals surface area contributed by atoms with E-state index in [1.807, 2.05) is 0 Å². The second-order valence-corrected chi connectivity index (χ2v) is 10.1. The molecule has 0 heterocycles. The van der Waals surface area contributed by atoms with Crippen molar-refractivity contribution in [2.45, 2.75) is 136 Å². The zero-order chi connectivity index (χ0) is 18.0. The van der Waals surface area contributed by atoms with E-state index in [1.165, 1.54) is 77.0 Å². The molecule has 2 saturated carbocycles. The molecule has 2 fully saturated rings. The fourth-order valence-electron chi connectivity index (χ4n) is 5.85. The summed E-state index contributed by atoms with van der Waals surface area (Å²) in [6.45, 7) is 7.25. The van der Waals surface area contributed by atoms with Crippen LogP contribution in [0.2, 0.25) is 0 Å². The SMILES string of the molecule is CCCCCCCC1CCC([C@H]2CC[C@](C)(CCCCC)CC2)CC1. The Morgan fingerprint density at radius 2 is 1.20 bits per heavy atom. The molecule has 0 saturated heterocycles. The van der Waals surface area contributed by atoms with E-state index in [1.54, 1.807) is 38.5 Å². The molecule has 0 unspecified atom stereocenters. The molecule has 0 aliphatic heterocycles. The Hall–Kier alpha value is 0. The molecule has 0 aromatic carbocycles. The molecular weight excluding hydrogens is 300 g/mol. The minimum Gasteiger partial charge on any atom is -0.0654 e. The molecule has 0 aromatic rings. The Balaban J connectivity index is 1.59. The molecule has 2 aliphatic carbocycles. The molecule has 2 aliphatic rings. The summed E-state index contributed by atoms with van der Waals surface area (Å²) in [4.78, 5) is 0. The van der Waals surface area contributed by atoms with Crippen molar-refractivity contribution in [3.63, 3.8) is 0 Å². The lowest BCUT2D eigenvalue weighted by molar-refractivity contribution is 0.0949. The zero-order valence-electron chi connectivity index (χ0n) is 18.0. The fourth-order valence-corrected chi connectivity index (χ4v) is 5.85. The summed E-state index contributed by atoms with van der Waals surface area (Å²) in [6, 6.07) is 0. The van der Waals surface area contributed by atoms with Crippen molar-refractivity contribution >= 4 is 0 Å². The summed E-state index contributed by atoms with van der Waals surface area (Å²) in [6.07, 6.45) is 27.0. The Morgan fingerprint density at radius 1 is 0.640 bits per heavy atom. The van der Waals surface area contributed by atoms with Crippen LogP contribution in [0.3, 0.4) is 0 Å². The fraction of sp³-hybridized carbons (Fsp3) is 1.00. The van der Waals surface area contributed by atoms with Crippen molar-refractivity contribution < 1.29 is 0 Å². The maximum atomic E-state index is 2.59. The van der Waals surface area contributed by atoms with Gasteiger partial charge in [-0.25, -0.2) is 0 Å². The lowest BCUT2D eigenvalue weighted by Crippen LogP contribution is -2.30. The van der Waals surface area contributed by atoms with E-state index in [0.29, 0.717) is 5.41 Å². The van der Waals surface area contributed by atoms with Crippen molar-refractivity contribution in [1.82, 2.24) is 0 Å². The van der Waals surface area contributed by atoms with Crippen LogP contribution in [0.5, 0.6) is 0 Å². The maximum absolute atomic E-state index is 2.59. The summed E-state index contributed by atoms with van der Waals surface area (Å²) in [5.41, 5.74) is 0.696.